The molecule has 0 fully saturated rings. The molecule has 3 heterocycles. The molecule has 0 aliphatic heterocycles. The highest BCUT2D eigenvalue weighted by atomic mass is 15.0. The van der Waals surface area contributed by atoms with Gasteiger partial charge in [-0.05, 0) is 87.1 Å². The number of benzene rings is 7. The summed E-state index contributed by atoms with van der Waals surface area (Å²) in [6.45, 7) is 2.36. The predicted octanol–water partition coefficient (Wildman–Crippen LogP) is 10.8. The Morgan fingerprint density at radius 3 is 2.17 bits per heavy atom. The van der Waals surface area contributed by atoms with Crippen LogP contribution in [0.5, 0.6) is 0 Å². The first-order valence-corrected chi connectivity index (χ1v) is 18.1. The molecule has 244 valence electrons. The van der Waals surface area contributed by atoms with E-state index in [0.717, 1.165) is 32.7 Å². The normalized spacial score (nSPS) is 15.7. The van der Waals surface area contributed by atoms with Crippen LogP contribution in [0.1, 0.15) is 18.4 Å². The van der Waals surface area contributed by atoms with Crippen LogP contribution < -0.4 is 10.6 Å². The van der Waals surface area contributed by atoms with Crippen LogP contribution in [0.2, 0.25) is 0 Å². The molecule has 0 N–H and O–H groups in total. The van der Waals surface area contributed by atoms with Crippen molar-refractivity contribution in [1.29, 1.82) is 0 Å². The molecule has 3 heteroatoms. The molecule has 1 aliphatic carbocycles. The van der Waals surface area contributed by atoms with Crippen LogP contribution in [0.25, 0.3) is 94.1 Å². The number of hydrogen-bond acceptors (Lipinski definition) is 2. The fourth-order valence-electron chi connectivity index (χ4n) is 8.75. The number of aromatic nitrogens is 3. The van der Waals surface area contributed by atoms with E-state index >= 15 is 0 Å². The summed E-state index contributed by atoms with van der Waals surface area (Å²) in [7, 11) is 0. The van der Waals surface area contributed by atoms with Crippen LogP contribution in [0, 0.1) is 5.92 Å². The summed E-state index contributed by atoms with van der Waals surface area (Å²) < 4.78 is 2.42. The molecule has 1 aliphatic rings. The van der Waals surface area contributed by atoms with E-state index < -0.39 is 0 Å². The van der Waals surface area contributed by atoms with Crippen LogP contribution in [-0.2, 0) is 0 Å². The second-order valence-corrected chi connectivity index (χ2v) is 14.3. The van der Waals surface area contributed by atoms with E-state index in [4.69, 9.17) is 9.97 Å². The fourth-order valence-corrected chi connectivity index (χ4v) is 8.75. The lowest BCUT2D eigenvalue weighted by atomic mass is 9.82. The van der Waals surface area contributed by atoms with Gasteiger partial charge in [0.2, 0.25) is 0 Å². The molecule has 0 radical (unpaired) electrons. The Bertz CT molecular complexity index is 3210. The summed E-state index contributed by atoms with van der Waals surface area (Å²) in [5.41, 5.74) is 9.07. The van der Waals surface area contributed by atoms with E-state index in [2.05, 4.69) is 169 Å². The number of hydrogen-bond donors (Lipinski definition) is 0. The zero-order valence-corrected chi connectivity index (χ0v) is 28.7. The van der Waals surface area contributed by atoms with Gasteiger partial charge < -0.3 is 4.57 Å². The van der Waals surface area contributed by atoms with Gasteiger partial charge in [-0.1, -0.05) is 122 Å². The van der Waals surface area contributed by atoms with Gasteiger partial charge >= 0.3 is 0 Å². The van der Waals surface area contributed by atoms with Crippen molar-refractivity contribution in [3.8, 4) is 16.8 Å². The third kappa shape index (κ3) is 4.39. The lowest BCUT2D eigenvalue weighted by Crippen LogP contribution is -2.34. The summed E-state index contributed by atoms with van der Waals surface area (Å²) in [5.74, 6) is 0.626. The molecule has 10 aromatic rings. The first-order valence-electron chi connectivity index (χ1n) is 18.1. The third-order valence-electron chi connectivity index (χ3n) is 11.2. The Morgan fingerprint density at radius 1 is 0.538 bits per heavy atom. The Labute approximate surface area is 300 Å². The maximum Gasteiger partial charge on any atom is 0.0978 e. The molecule has 52 heavy (non-hydrogen) atoms. The zero-order chi connectivity index (χ0) is 34.3. The summed E-state index contributed by atoms with van der Waals surface area (Å²) in [4.78, 5) is 9.87. The molecule has 0 saturated heterocycles. The molecular weight excluding hydrogens is 631 g/mol. The van der Waals surface area contributed by atoms with Crippen molar-refractivity contribution >= 4 is 77.3 Å². The molecule has 2 atom stereocenters. The van der Waals surface area contributed by atoms with Gasteiger partial charge in [0.05, 0.1) is 27.4 Å². The SMILES string of the molecule is CC1C=c2c(c3ccccc3n2-c2ccccc2)=CC1c1ccc2cc3cc(-c4c5ccccc5nc5c4ccc4cccnc45)ccc3cc2c1. The Morgan fingerprint density at radius 2 is 1.29 bits per heavy atom. The molecule has 3 nitrogen and oxygen atoms in total. The summed E-state index contributed by atoms with van der Waals surface area (Å²) >= 11 is 0. The Kier molecular flexibility index (Phi) is 6.29. The molecule has 0 saturated carbocycles. The van der Waals surface area contributed by atoms with Crippen molar-refractivity contribution in [3.05, 3.63) is 174 Å². The van der Waals surface area contributed by atoms with Gasteiger partial charge in [0.1, 0.15) is 0 Å². The van der Waals surface area contributed by atoms with Crippen molar-refractivity contribution in [3.63, 3.8) is 0 Å². The average Bonchev–Trinajstić information content (AvgIpc) is 3.51. The molecule has 7 aromatic carbocycles. The first-order chi connectivity index (χ1) is 25.7. The highest BCUT2D eigenvalue weighted by molar-refractivity contribution is 6.16. The summed E-state index contributed by atoms with van der Waals surface area (Å²) in [5, 5.41) is 12.3. The van der Waals surface area contributed by atoms with E-state index in [-0.39, 0.29) is 5.92 Å². The number of pyridine rings is 2. The van der Waals surface area contributed by atoms with Crippen LogP contribution in [0.3, 0.4) is 0 Å². The summed E-state index contributed by atoms with van der Waals surface area (Å²) in [6.07, 6.45) is 6.85. The molecular formula is C49H33N3. The first kappa shape index (κ1) is 29.2. The number of para-hydroxylation sites is 3. The van der Waals surface area contributed by atoms with Crippen molar-refractivity contribution in [1.82, 2.24) is 14.5 Å². The minimum absolute atomic E-state index is 0.281. The van der Waals surface area contributed by atoms with Crippen LogP contribution in [-0.4, -0.2) is 14.5 Å². The quantitative estimate of drug-likeness (QED) is 0.139. The molecule has 0 spiro atoms. The van der Waals surface area contributed by atoms with Crippen molar-refractivity contribution in [2.45, 2.75) is 12.8 Å². The van der Waals surface area contributed by atoms with Crippen molar-refractivity contribution < 1.29 is 0 Å². The van der Waals surface area contributed by atoms with E-state index in [1.807, 2.05) is 12.3 Å². The highest BCUT2D eigenvalue weighted by Crippen LogP contribution is 2.39. The fraction of sp³-hybridized carbons (Fsp3) is 0.0612. The number of nitrogens with zero attached hydrogens (tertiary/aromatic N) is 3. The van der Waals surface area contributed by atoms with E-state index in [0.29, 0.717) is 5.92 Å². The van der Waals surface area contributed by atoms with E-state index in [1.54, 1.807) is 0 Å². The molecule has 11 rings (SSSR count). The van der Waals surface area contributed by atoms with Gasteiger partial charge in [-0.3, -0.25) is 4.98 Å². The van der Waals surface area contributed by atoms with Crippen molar-refractivity contribution in [2.24, 2.45) is 5.92 Å². The minimum atomic E-state index is 0.281. The van der Waals surface area contributed by atoms with E-state index in [1.165, 1.54) is 65.4 Å². The second-order valence-electron chi connectivity index (χ2n) is 14.3. The maximum atomic E-state index is 5.12. The highest BCUT2D eigenvalue weighted by Gasteiger charge is 2.22. The molecule has 3 aromatic heterocycles. The Balaban J connectivity index is 1.04. The number of fused-ring (bicyclic) bond motifs is 9. The minimum Gasteiger partial charge on any atom is -0.310 e. The van der Waals surface area contributed by atoms with Crippen LogP contribution in [0.15, 0.2) is 158 Å². The second kappa shape index (κ2) is 11.2. The topological polar surface area (TPSA) is 30.7 Å². The van der Waals surface area contributed by atoms with Gasteiger partial charge in [-0.25, -0.2) is 4.98 Å². The van der Waals surface area contributed by atoms with Crippen LogP contribution in [0.4, 0.5) is 0 Å². The summed E-state index contributed by atoms with van der Waals surface area (Å²) in [6, 6.07) is 55.2. The molecule has 0 bridgehead atoms. The lowest BCUT2D eigenvalue weighted by Gasteiger charge is -2.22. The van der Waals surface area contributed by atoms with Gasteiger partial charge in [0, 0.05) is 50.1 Å². The number of rotatable bonds is 3. The smallest absolute Gasteiger partial charge is 0.0978 e. The monoisotopic (exact) mass is 663 g/mol. The standard InChI is InChI=1S/C49H33N3/c1-30-24-46-43(39-13-6-8-16-45(39)52(46)38-11-3-2-4-12-38)29-42(30)34-19-17-32-26-37-28-35(20-18-33(37)25-36(32)27-34)47-40-14-5-7-15-44(40)51-49-41(47)22-21-31-10-9-23-50-48(31)49/h2-30,42H,1H3. The van der Waals surface area contributed by atoms with Gasteiger partial charge in [0.25, 0.3) is 0 Å². The third-order valence-corrected chi connectivity index (χ3v) is 11.2. The molecule has 0 amide bonds. The predicted molar refractivity (Wildman–Crippen MR) is 218 cm³/mol. The molecule has 2 unspecified atom stereocenters. The van der Waals surface area contributed by atoms with Crippen molar-refractivity contribution in [2.75, 3.05) is 0 Å². The lowest BCUT2D eigenvalue weighted by molar-refractivity contribution is 0.690. The Hall–Kier alpha value is -6.58. The van der Waals surface area contributed by atoms with Gasteiger partial charge in [-0.2, -0.15) is 0 Å². The van der Waals surface area contributed by atoms with E-state index in [9.17, 15) is 0 Å². The van der Waals surface area contributed by atoms with Gasteiger partial charge in [0.15, 0.2) is 0 Å². The maximum absolute atomic E-state index is 5.12. The average molecular weight is 664 g/mol. The van der Waals surface area contributed by atoms with Crippen LogP contribution >= 0.6 is 0 Å². The zero-order valence-electron chi connectivity index (χ0n) is 28.7. The largest absolute Gasteiger partial charge is 0.310 e. The van der Waals surface area contributed by atoms with Gasteiger partial charge in [-0.15, -0.1) is 0 Å².